The number of rotatable bonds is 5. The Morgan fingerprint density at radius 1 is 1.47 bits per heavy atom. The van der Waals surface area contributed by atoms with Crippen molar-refractivity contribution in [2.75, 3.05) is 33.2 Å². The summed E-state index contributed by atoms with van der Waals surface area (Å²) in [6, 6.07) is 0.485. The summed E-state index contributed by atoms with van der Waals surface area (Å²) in [5.41, 5.74) is 0. The van der Waals surface area contributed by atoms with Gasteiger partial charge in [0.25, 0.3) is 0 Å². The first-order valence-electron chi connectivity index (χ1n) is 7.31. The predicted octanol–water partition coefficient (Wildman–Crippen LogP) is 1.13. The number of carbonyl (C=O) groups is 1. The number of nitrogens with zero attached hydrogens (tertiary/aromatic N) is 2. The van der Waals surface area contributed by atoms with E-state index in [1.54, 1.807) is 14.0 Å². The Morgan fingerprint density at radius 2 is 2.16 bits per heavy atom. The first-order valence-corrected chi connectivity index (χ1v) is 7.31. The van der Waals surface area contributed by atoms with E-state index in [0.717, 1.165) is 13.1 Å². The zero-order valence-electron chi connectivity index (χ0n) is 12.7. The second-order valence-electron chi connectivity index (χ2n) is 6.01. The van der Waals surface area contributed by atoms with Crippen molar-refractivity contribution in [1.82, 2.24) is 15.1 Å². The lowest BCUT2D eigenvalue weighted by Crippen LogP contribution is -2.46. The normalized spacial score (nSPS) is 22.3. The lowest BCUT2D eigenvalue weighted by Gasteiger charge is -2.35. The smallest absolute Gasteiger partial charge is 0.317 e. The third-order valence-electron chi connectivity index (χ3n) is 3.71. The van der Waals surface area contributed by atoms with Crippen molar-refractivity contribution in [1.29, 1.82) is 0 Å². The molecule has 1 aliphatic rings. The number of aliphatic hydroxyl groups excluding tert-OH is 1. The summed E-state index contributed by atoms with van der Waals surface area (Å²) in [5.74, 6) is 0.542. The second kappa shape index (κ2) is 7.70. The number of urea groups is 1. The van der Waals surface area contributed by atoms with Crippen LogP contribution in [0, 0.1) is 5.92 Å². The summed E-state index contributed by atoms with van der Waals surface area (Å²) >= 11 is 0. The Balaban J connectivity index is 2.29. The number of hydrogen-bond acceptors (Lipinski definition) is 3. The molecule has 0 aromatic heterocycles. The SMILES string of the molecule is CC(O)CN(C)C(=O)NCC1CCCN(C(C)C)C1. The zero-order valence-corrected chi connectivity index (χ0v) is 12.7. The van der Waals surface area contributed by atoms with Crippen molar-refractivity contribution < 1.29 is 9.90 Å². The van der Waals surface area contributed by atoms with E-state index in [0.29, 0.717) is 18.5 Å². The van der Waals surface area contributed by atoms with Gasteiger partial charge in [-0.15, -0.1) is 0 Å². The van der Waals surface area contributed by atoms with Crippen LogP contribution in [-0.2, 0) is 0 Å². The van der Waals surface area contributed by atoms with Gasteiger partial charge in [0, 0.05) is 32.7 Å². The van der Waals surface area contributed by atoms with Crippen LogP contribution in [0.2, 0.25) is 0 Å². The molecule has 0 spiro atoms. The van der Waals surface area contributed by atoms with Crippen LogP contribution in [0.4, 0.5) is 4.79 Å². The summed E-state index contributed by atoms with van der Waals surface area (Å²) in [4.78, 5) is 15.8. The van der Waals surface area contributed by atoms with E-state index in [9.17, 15) is 9.90 Å². The molecule has 0 radical (unpaired) electrons. The van der Waals surface area contributed by atoms with E-state index >= 15 is 0 Å². The van der Waals surface area contributed by atoms with Crippen LogP contribution in [-0.4, -0.2) is 66.3 Å². The number of aliphatic hydroxyl groups is 1. The van der Waals surface area contributed by atoms with Crippen LogP contribution in [0.5, 0.6) is 0 Å². The van der Waals surface area contributed by atoms with Crippen LogP contribution in [0.3, 0.4) is 0 Å². The molecular formula is C14H29N3O2. The molecule has 1 aliphatic heterocycles. The van der Waals surface area contributed by atoms with Crippen molar-refractivity contribution in [3.05, 3.63) is 0 Å². The molecule has 112 valence electrons. The molecule has 0 aromatic carbocycles. The number of nitrogens with one attached hydrogen (secondary N) is 1. The highest BCUT2D eigenvalue weighted by Crippen LogP contribution is 2.17. The highest BCUT2D eigenvalue weighted by atomic mass is 16.3. The van der Waals surface area contributed by atoms with Gasteiger partial charge < -0.3 is 20.2 Å². The van der Waals surface area contributed by atoms with E-state index in [1.165, 1.54) is 24.3 Å². The van der Waals surface area contributed by atoms with Gasteiger partial charge in [-0.05, 0) is 46.1 Å². The zero-order chi connectivity index (χ0) is 14.4. The van der Waals surface area contributed by atoms with Gasteiger partial charge in [0.05, 0.1) is 6.10 Å². The maximum atomic E-state index is 11.8. The fourth-order valence-electron chi connectivity index (χ4n) is 2.58. The summed E-state index contributed by atoms with van der Waals surface area (Å²) in [5, 5.41) is 12.2. The lowest BCUT2D eigenvalue weighted by molar-refractivity contribution is 0.130. The van der Waals surface area contributed by atoms with Gasteiger partial charge in [-0.3, -0.25) is 0 Å². The molecule has 5 nitrogen and oxygen atoms in total. The fourth-order valence-corrected chi connectivity index (χ4v) is 2.58. The quantitative estimate of drug-likeness (QED) is 0.788. The van der Waals surface area contributed by atoms with Crippen molar-refractivity contribution in [3.63, 3.8) is 0 Å². The van der Waals surface area contributed by atoms with E-state index < -0.39 is 6.10 Å². The Bertz CT molecular complexity index is 282. The molecule has 0 aromatic rings. The highest BCUT2D eigenvalue weighted by Gasteiger charge is 2.22. The van der Waals surface area contributed by atoms with Gasteiger partial charge in [-0.1, -0.05) is 0 Å². The molecule has 1 fully saturated rings. The average Bonchev–Trinajstić information content (AvgIpc) is 2.35. The Labute approximate surface area is 117 Å². The third kappa shape index (κ3) is 5.78. The summed E-state index contributed by atoms with van der Waals surface area (Å²) < 4.78 is 0. The lowest BCUT2D eigenvalue weighted by atomic mass is 9.97. The first-order chi connectivity index (χ1) is 8.90. The standard InChI is InChI=1S/C14H29N3O2/c1-11(2)17-7-5-6-13(10-17)8-15-14(19)16(4)9-12(3)18/h11-13,18H,5-10H2,1-4H3,(H,15,19). The highest BCUT2D eigenvalue weighted by molar-refractivity contribution is 5.73. The largest absolute Gasteiger partial charge is 0.392 e. The molecule has 1 rings (SSSR count). The van der Waals surface area contributed by atoms with Crippen LogP contribution >= 0.6 is 0 Å². The van der Waals surface area contributed by atoms with E-state index in [1.807, 2.05) is 0 Å². The number of amides is 2. The number of likely N-dealkylation sites (N-methyl/N-ethyl adjacent to an activating group) is 1. The molecule has 0 bridgehead atoms. The van der Waals surface area contributed by atoms with Gasteiger partial charge in [0.15, 0.2) is 0 Å². The van der Waals surface area contributed by atoms with E-state index in [4.69, 9.17) is 0 Å². The Hall–Kier alpha value is -0.810. The van der Waals surface area contributed by atoms with Crippen molar-refractivity contribution in [2.45, 2.75) is 45.8 Å². The molecular weight excluding hydrogens is 242 g/mol. The average molecular weight is 271 g/mol. The molecule has 2 N–H and O–H groups in total. The van der Waals surface area contributed by atoms with Crippen LogP contribution in [0.25, 0.3) is 0 Å². The maximum Gasteiger partial charge on any atom is 0.317 e. The molecule has 1 saturated heterocycles. The van der Waals surface area contributed by atoms with Gasteiger partial charge in [0.2, 0.25) is 0 Å². The number of likely N-dealkylation sites (tertiary alicyclic amines) is 1. The summed E-state index contributed by atoms with van der Waals surface area (Å²) in [6.07, 6.45) is 1.91. The predicted molar refractivity (Wildman–Crippen MR) is 77.1 cm³/mol. The minimum Gasteiger partial charge on any atom is -0.392 e. The molecule has 2 amide bonds. The van der Waals surface area contributed by atoms with Crippen molar-refractivity contribution >= 4 is 6.03 Å². The Morgan fingerprint density at radius 3 is 2.74 bits per heavy atom. The van der Waals surface area contributed by atoms with Crippen LogP contribution < -0.4 is 5.32 Å². The van der Waals surface area contributed by atoms with Gasteiger partial charge in [0.1, 0.15) is 0 Å². The van der Waals surface area contributed by atoms with E-state index in [2.05, 4.69) is 24.1 Å². The topological polar surface area (TPSA) is 55.8 Å². The van der Waals surface area contributed by atoms with E-state index in [-0.39, 0.29) is 6.03 Å². The summed E-state index contributed by atoms with van der Waals surface area (Å²) in [7, 11) is 1.71. The number of carbonyl (C=O) groups excluding carboxylic acids is 1. The molecule has 1 heterocycles. The summed E-state index contributed by atoms with van der Waals surface area (Å²) in [6.45, 7) is 9.46. The Kier molecular flexibility index (Phi) is 6.58. The second-order valence-corrected chi connectivity index (χ2v) is 6.01. The number of piperidine rings is 1. The number of hydrogen-bond donors (Lipinski definition) is 2. The minimum atomic E-state index is -0.484. The van der Waals surface area contributed by atoms with Crippen molar-refractivity contribution in [3.8, 4) is 0 Å². The minimum absolute atomic E-state index is 0.0948. The maximum absolute atomic E-state index is 11.8. The van der Waals surface area contributed by atoms with Gasteiger partial charge >= 0.3 is 6.03 Å². The first kappa shape index (κ1) is 16.2. The monoisotopic (exact) mass is 271 g/mol. The van der Waals surface area contributed by atoms with Crippen LogP contribution in [0.15, 0.2) is 0 Å². The molecule has 0 saturated carbocycles. The van der Waals surface area contributed by atoms with Gasteiger partial charge in [-0.2, -0.15) is 0 Å². The van der Waals surface area contributed by atoms with Crippen molar-refractivity contribution in [2.24, 2.45) is 5.92 Å². The van der Waals surface area contributed by atoms with Crippen LogP contribution in [0.1, 0.15) is 33.6 Å². The fraction of sp³-hybridized carbons (Fsp3) is 0.929. The molecule has 19 heavy (non-hydrogen) atoms. The molecule has 5 heteroatoms. The third-order valence-corrected chi connectivity index (χ3v) is 3.71. The van der Waals surface area contributed by atoms with Gasteiger partial charge in [-0.25, -0.2) is 4.79 Å². The molecule has 0 aliphatic carbocycles. The molecule has 2 atom stereocenters. The molecule has 2 unspecified atom stereocenters.